The normalized spacial score (nSPS) is 26.9. The smallest absolute Gasteiger partial charge is 0.111 e. The lowest BCUT2D eigenvalue weighted by Gasteiger charge is -2.41. The Morgan fingerprint density at radius 1 is 1.59 bits per heavy atom. The maximum absolute atomic E-state index is 9.33. The van der Waals surface area contributed by atoms with E-state index in [1.807, 2.05) is 13.8 Å². The quantitative estimate of drug-likeness (QED) is 0.343. The average molecular weight is 237 g/mol. The van der Waals surface area contributed by atoms with E-state index >= 15 is 0 Å². The Morgan fingerprint density at radius 3 is 2.94 bits per heavy atom. The molecule has 0 saturated carbocycles. The third kappa shape index (κ3) is 4.23. The van der Waals surface area contributed by atoms with Crippen molar-refractivity contribution in [1.29, 1.82) is 5.26 Å². The molecule has 1 N–H and O–H groups in total. The highest BCUT2D eigenvalue weighted by Crippen LogP contribution is 2.31. The van der Waals surface area contributed by atoms with Crippen molar-refractivity contribution in [3.05, 3.63) is 10.4 Å². The molecule has 1 heterocycles. The molecule has 1 aliphatic rings. The second kappa shape index (κ2) is 5.87. The lowest BCUT2D eigenvalue weighted by Crippen LogP contribution is -2.54. The molecular formula is C11H19N5O. The highest BCUT2D eigenvalue weighted by molar-refractivity contribution is 5.11. The average Bonchev–Trinajstić information content (AvgIpc) is 2.27. The van der Waals surface area contributed by atoms with E-state index < -0.39 is 5.54 Å². The van der Waals surface area contributed by atoms with Gasteiger partial charge in [0.15, 0.2) is 0 Å². The highest BCUT2D eigenvalue weighted by Gasteiger charge is 2.40. The van der Waals surface area contributed by atoms with Crippen LogP contribution in [0.5, 0.6) is 0 Å². The van der Waals surface area contributed by atoms with E-state index in [2.05, 4.69) is 21.4 Å². The molecule has 0 radical (unpaired) electrons. The van der Waals surface area contributed by atoms with Gasteiger partial charge in [0.2, 0.25) is 0 Å². The molecule has 0 spiro atoms. The zero-order valence-corrected chi connectivity index (χ0v) is 10.4. The van der Waals surface area contributed by atoms with Gasteiger partial charge in [-0.1, -0.05) is 5.11 Å². The number of nitrogens with zero attached hydrogens (tertiary/aromatic N) is 4. The molecule has 0 aliphatic carbocycles. The van der Waals surface area contributed by atoms with Gasteiger partial charge in [0, 0.05) is 24.3 Å². The van der Waals surface area contributed by atoms with Crippen molar-refractivity contribution in [2.45, 2.75) is 44.2 Å². The molecule has 0 aromatic heterocycles. The molecule has 1 rings (SSSR count). The monoisotopic (exact) mass is 237 g/mol. The van der Waals surface area contributed by atoms with Crippen LogP contribution in [0, 0.1) is 11.3 Å². The van der Waals surface area contributed by atoms with E-state index in [4.69, 9.17) is 10.3 Å². The Morgan fingerprint density at radius 2 is 2.35 bits per heavy atom. The summed E-state index contributed by atoms with van der Waals surface area (Å²) in [6, 6.07) is 2.37. The fourth-order valence-electron chi connectivity index (χ4n) is 2.18. The molecule has 1 saturated heterocycles. The summed E-state index contributed by atoms with van der Waals surface area (Å²) in [6.45, 7) is 5.75. The van der Waals surface area contributed by atoms with Crippen molar-refractivity contribution in [2.75, 3.05) is 19.7 Å². The van der Waals surface area contributed by atoms with Crippen LogP contribution in [0.2, 0.25) is 0 Å². The number of rotatable bonds is 5. The van der Waals surface area contributed by atoms with E-state index in [0.717, 1.165) is 6.42 Å². The van der Waals surface area contributed by atoms with Gasteiger partial charge < -0.3 is 4.74 Å². The maximum Gasteiger partial charge on any atom is 0.111 e. The largest absolute Gasteiger partial charge is 0.375 e. The summed E-state index contributed by atoms with van der Waals surface area (Å²) in [5.74, 6) is 0. The Balaban J connectivity index is 2.46. The van der Waals surface area contributed by atoms with E-state index in [1.54, 1.807) is 0 Å². The summed E-state index contributed by atoms with van der Waals surface area (Å²) in [6.07, 6.45) is 2.13. The number of azide groups is 1. The zero-order chi connectivity index (χ0) is 12.8. The second-order valence-electron chi connectivity index (χ2n) is 4.96. The summed E-state index contributed by atoms with van der Waals surface area (Å²) in [4.78, 5) is 2.69. The molecule has 0 bridgehead atoms. The minimum absolute atomic E-state index is 0.258. The fourth-order valence-corrected chi connectivity index (χ4v) is 2.18. The summed E-state index contributed by atoms with van der Waals surface area (Å²) >= 11 is 0. The lowest BCUT2D eigenvalue weighted by atomic mass is 9.82. The van der Waals surface area contributed by atoms with Crippen LogP contribution >= 0.6 is 0 Å². The molecule has 1 fully saturated rings. The van der Waals surface area contributed by atoms with E-state index in [1.165, 1.54) is 0 Å². The Bertz CT molecular complexity index is 342. The number of hydrogen-bond donors (Lipinski definition) is 1. The van der Waals surface area contributed by atoms with Crippen LogP contribution < -0.4 is 5.32 Å². The molecule has 1 aliphatic heterocycles. The molecule has 17 heavy (non-hydrogen) atoms. The van der Waals surface area contributed by atoms with Gasteiger partial charge in [-0.05, 0) is 32.3 Å². The third-order valence-corrected chi connectivity index (χ3v) is 2.92. The van der Waals surface area contributed by atoms with E-state index in [-0.39, 0.29) is 5.60 Å². The number of nitriles is 1. The summed E-state index contributed by atoms with van der Waals surface area (Å²) in [5.41, 5.74) is 7.39. The summed E-state index contributed by atoms with van der Waals surface area (Å²) in [5, 5.41) is 16.1. The first-order chi connectivity index (χ1) is 8.04. The van der Waals surface area contributed by atoms with E-state index in [0.29, 0.717) is 32.5 Å². The van der Waals surface area contributed by atoms with Crippen molar-refractivity contribution >= 4 is 0 Å². The lowest BCUT2D eigenvalue weighted by molar-refractivity contribution is -0.0759. The molecule has 6 heteroatoms. The molecule has 1 unspecified atom stereocenters. The van der Waals surface area contributed by atoms with Crippen LogP contribution in [0.15, 0.2) is 5.11 Å². The van der Waals surface area contributed by atoms with Crippen molar-refractivity contribution in [2.24, 2.45) is 5.11 Å². The maximum atomic E-state index is 9.33. The van der Waals surface area contributed by atoms with Gasteiger partial charge in [-0.2, -0.15) is 5.26 Å². The standard InChI is InChI=1S/C11H19N5O/c1-10(2)8-11(9-12,4-7-17-10)14-5-3-6-15-16-13/h14H,3-8H2,1-2H3. The van der Waals surface area contributed by atoms with Crippen LogP contribution in [0.25, 0.3) is 10.4 Å². The van der Waals surface area contributed by atoms with Crippen LogP contribution in [0.4, 0.5) is 0 Å². The number of ether oxygens (including phenoxy) is 1. The number of nitrogens with one attached hydrogen (secondary N) is 1. The van der Waals surface area contributed by atoms with Crippen molar-refractivity contribution < 1.29 is 4.74 Å². The predicted octanol–water partition coefficient (Wildman–Crippen LogP) is 2.13. The van der Waals surface area contributed by atoms with Crippen molar-refractivity contribution in [3.8, 4) is 6.07 Å². The topological polar surface area (TPSA) is 93.8 Å². The van der Waals surface area contributed by atoms with Crippen LogP contribution in [-0.4, -0.2) is 30.8 Å². The zero-order valence-electron chi connectivity index (χ0n) is 10.4. The summed E-state index contributed by atoms with van der Waals surface area (Å²) in [7, 11) is 0. The molecule has 6 nitrogen and oxygen atoms in total. The van der Waals surface area contributed by atoms with Gasteiger partial charge in [-0.15, -0.1) is 0 Å². The highest BCUT2D eigenvalue weighted by atomic mass is 16.5. The van der Waals surface area contributed by atoms with Gasteiger partial charge in [-0.3, -0.25) is 5.32 Å². The third-order valence-electron chi connectivity index (χ3n) is 2.92. The second-order valence-corrected chi connectivity index (χ2v) is 4.96. The molecule has 0 amide bonds. The Kier molecular flexibility index (Phi) is 4.76. The molecular weight excluding hydrogens is 218 g/mol. The van der Waals surface area contributed by atoms with Gasteiger partial charge in [-0.25, -0.2) is 0 Å². The van der Waals surface area contributed by atoms with Gasteiger partial charge in [0.05, 0.1) is 18.3 Å². The Hall–Kier alpha value is -1.28. The Labute approximate surface area is 102 Å². The summed E-state index contributed by atoms with van der Waals surface area (Å²) < 4.78 is 5.61. The number of hydrogen-bond acceptors (Lipinski definition) is 4. The van der Waals surface area contributed by atoms with Gasteiger partial charge in [0.25, 0.3) is 0 Å². The van der Waals surface area contributed by atoms with Gasteiger partial charge >= 0.3 is 0 Å². The van der Waals surface area contributed by atoms with Crippen molar-refractivity contribution in [1.82, 2.24) is 5.32 Å². The molecule has 1 atom stereocenters. The molecule has 0 aromatic rings. The van der Waals surface area contributed by atoms with Crippen molar-refractivity contribution in [3.63, 3.8) is 0 Å². The molecule has 94 valence electrons. The van der Waals surface area contributed by atoms with Crippen LogP contribution in [-0.2, 0) is 4.74 Å². The minimum atomic E-state index is -0.502. The van der Waals surface area contributed by atoms with Crippen LogP contribution in [0.3, 0.4) is 0 Å². The van der Waals surface area contributed by atoms with Crippen LogP contribution in [0.1, 0.15) is 33.1 Å². The fraction of sp³-hybridized carbons (Fsp3) is 0.909. The first kappa shape index (κ1) is 13.8. The first-order valence-electron chi connectivity index (χ1n) is 5.85. The SMILES string of the molecule is CC1(C)CC(C#N)(NCCCN=[N+]=[N-])CCO1. The first-order valence-corrected chi connectivity index (χ1v) is 5.85. The van der Waals surface area contributed by atoms with E-state index in [9.17, 15) is 5.26 Å². The minimum Gasteiger partial charge on any atom is -0.375 e. The predicted molar refractivity (Wildman–Crippen MR) is 64.2 cm³/mol. The molecule has 0 aromatic carbocycles. The van der Waals surface area contributed by atoms with Gasteiger partial charge in [0.1, 0.15) is 5.54 Å².